The van der Waals surface area contributed by atoms with E-state index in [-0.39, 0.29) is 24.1 Å². The molecule has 0 spiro atoms. The molecule has 0 aromatic heterocycles. The molecule has 0 aromatic rings. The van der Waals surface area contributed by atoms with Crippen molar-refractivity contribution in [3.63, 3.8) is 0 Å². The lowest BCUT2D eigenvalue weighted by molar-refractivity contribution is 0.199. The average Bonchev–Trinajstić information content (AvgIpc) is 2.30. The number of ether oxygens (including phenoxy) is 1. The van der Waals surface area contributed by atoms with E-state index < -0.39 is 10.0 Å². The first-order valence-corrected chi connectivity index (χ1v) is 7.87. The summed E-state index contributed by atoms with van der Waals surface area (Å²) in [6, 6.07) is 0. The van der Waals surface area contributed by atoms with E-state index >= 15 is 0 Å². The molecule has 2 N–H and O–H groups in total. The molecule has 112 valence electrons. The van der Waals surface area contributed by atoms with E-state index in [1.165, 1.54) is 0 Å². The van der Waals surface area contributed by atoms with Crippen molar-refractivity contribution < 1.29 is 13.2 Å². The van der Waals surface area contributed by atoms with Crippen LogP contribution in [0, 0.1) is 5.92 Å². The van der Waals surface area contributed by atoms with Crippen molar-refractivity contribution in [2.45, 2.75) is 26.7 Å². The van der Waals surface area contributed by atoms with Crippen LogP contribution in [0.4, 0.5) is 0 Å². The van der Waals surface area contributed by atoms with Gasteiger partial charge in [-0.3, -0.25) is 0 Å². The largest absolute Gasteiger partial charge is 0.383 e. The summed E-state index contributed by atoms with van der Waals surface area (Å²) in [6.45, 7) is 6.49. The van der Waals surface area contributed by atoms with E-state index in [9.17, 15) is 8.42 Å². The lowest BCUT2D eigenvalue weighted by Crippen LogP contribution is -2.35. The maximum Gasteiger partial charge on any atom is 0.211 e. The van der Waals surface area contributed by atoms with Gasteiger partial charge < -0.3 is 10.1 Å². The molecule has 0 fully saturated rings. The maximum atomic E-state index is 11.7. The van der Waals surface area contributed by atoms with Gasteiger partial charge in [-0.25, -0.2) is 13.1 Å². The molecule has 0 aromatic carbocycles. The van der Waals surface area contributed by atoms with E-state index in [1.54, 1.807) is 7.11 Å². The fourth-order valence-corrected chi connectivity index (χ4v) is 3.11. The fraction of sp³-hybridized carbons (Fsp3) is 1.00. The topological polar surface area (TPSA) is 67.4 Å². The SMILES string of the molecule is CCC(CC)CS(=O)(=O)NCCNCCOC.Cl. The minimum atomic E-state index is -3.12. The van der Waals surface area contributed by atoms with Crippen molar-refractivity contribution in [2.75, 3.05) is 39.1 Å². The highest BCUT2D eigenvalue weighted by Crippen LogP contribution is 2.09. The van der Waals surface area contributed by atoms with Crippen molar-refractivity contribution >= 4 is 22.4 Å². The summed E-state index contributed by atoms with van der Waals surface area (Å²) in [7, 11) is -1.48. The molecular formula is C11H27ClN2O3S. The smallest absolute Gasteiger partial charge is 0.211 e. The number of hydrogen-bond acceptors (Lipinski definition) is 4. The van der Waals surface area contributed by atoms with Gasteiger partial charge in [0.15, 0.2) is 0 Å². The molecule has 7 heteroatoms. The summed E-state index contributed by atoms with van der Waals surface area (Å²) in [5.74, 6) is 0.492. The van der Waals surface area contributed by atoms with E-state index in [4.69, 9.17) is 4.74 Å². The van der Waals surface area contributed by atoms with Crippen molar-refractivity contribution in [1.82, 2.24) is 10.0 Å². The summed E-state index contributed by atoms with van der Waals surface area (Å²) in [5, 5.41) is 3.09. The van der Waals surface area contributed by atoms with Crippen LogP contribution >= 0.6 is 12.4 Å². The van der Waals surface area contributed by atoms with Crippen LogP contribution in [0.25, 0.3) is 0 Å². The van der Waals surface area contributed by atoms with Gasteiger partial charge in [0, 0.05) is 26.7 Å². The number of nitrogens with one attached hydrogen (secondary N) is 2. The molecule has 0 rings (SSSR count). The maximum absolute atomic E-state index is 11.7. The minimum absolute atomic E-state index is 0. The second kappa shape index (κ2) is 12.2. The Morgan fingerprint density at radius 3 is 2.22 bits per heavy atom. The van der Waals surface area contributed by atoms with Crippen LogP contribution in [-0.2, 0) is 14.8 Å². The van der Waals surface area contributed by atoms with E-state index in [1.807, 2.05) is 13.8 Å². The highest BCUT2D eigenvalue weighted by Gasteiger charge is 2.15. The molecule has 0 unspecified atom stereocenters. The van der Waals surface area contributed by atoms with Crippen molar-refractivity contribution in [3.8, 4) is 0 Å². The zero-order valence-electron chi connectivity index (χ0n) is 11.6. The van der Waals surface area contributed by atoms with Crippen molar-refractivity contribution in [1.29, 1.82) is 0 Å². The van der Waals surface area contributed by atoms with Crippen molar-refractivity contribution in [3.05, 3.63) is 0 Å². The van der Waals surface area contributed by atoms with Gasteiger partial charge >= 0.3 is 0 Å². The highest BCUT2D eigenvalue weighted by atomic mass is 35.5. The Kier molecular flexibility index (Phi) is 13.8. The van der Waals surface area contributed by atoms with Crippen LogP contribution in [0.15, 0.2) is 0 Å². The van der Waals surface area contributed by atoms with Gasteiger partial charge in [0.05, 0.1) is 12.4 Å². The van der Waals surface area contributed by atoms with Crippen LogP contribution < -0.4 is 10.0 Å². The van der Waals surface area contributed by atoms with Crippen LogP contribution in [-0.4, -0.2) is 47.5 Å². The second-order valence-corrected chi connectivity index (χ2v) is 5.95. The molecule has 0 amide bonds. The van der Waals surface area contributed by atoms with Gasteiger partial charge in [-0.1, -0.05) is 26.7 Å². The molecule has 0 atom stereocenters. The Morgan fingerprint density at radius 2 is 1.72 bits per heavy atom. The lowest BCUT2D eigenvalue weighted by Gasteiger charge is -2.13. The third kappa shape index (κ3) is 11.2. The zero-order chi connectivity index (χ0) is 13.1. The van der Waals surface area contributed by atoms with Gasteiger partial charge in [0.2, 0.25) is 10.0 Å². The monoisotopic (exact) mass is 302 g/mol. The Labute approximate surface area is 118 Å². The number of methoxy groups -OCH3 is 1. The van der Waals surface area contributed by atoms with Gasteiger partial charge in [-0.2, -0.15) is 0 Å². The lowest BCUT2D eigenvalue weighted by atomic mass is 10.1. The van der Waals surface area contributed by atoms with E-state index in [2.05, 4.69) is 10.0 Å². The van der Waals surface area contributed by atoms with Crippen LogP contribution in [0.1, 0.15) is 26.7 Å². The van der Waals surface area contributed by atoms with E-state index in [0.717, 1.165) is 19.4 Å². The standard InChI is InChI=1S/C11H26N2O3S.ClH/c1-4-11(5-2)10-17(14,15)13-7-6-12-8-9-16-3;/h11-13H,4-10H2,1-3H3;1H. The Hall–Kier alpha value is 0.120. The Bertz CT molecular complexity index is 269. The van der Waals surface area contributed by atoms with Crippen LogP contribution in [0.2, 0.25) is 0 Å². The fourth-order valence-electron chi connectivity index (χ4n) is 1.49. The first-order valence-electron chi connectivity index (χ1n) is 6.22. The Balaban J connectivity index is 0. The molecule has 0 aliphatic heterocycles. The molecule has 0 aliphatic rings. The normalized spacial score (nSPS) is 11.6. The summed E-state index contributed by atoms with van der Waals surface area (Å²) in [6.07, 6.45) is 1.81. The molecule has 0 radical (unpaired) electrons. The summed E-state index contributed by atoms with van der Waals surface area (Å²) < 4.78 is 30.8. The summed E-state index contributed by atoms with van der Waals surface area (Å²) >= 11 is 0. The highest BCUT2D eigenvalue weighted by molar-refractivity contribution is 7.89. The second-order valence-electron chi connectivity index (χ2n) is 4.10. The minimum Gasteiger partial charge on any atom is -0.383 e. The third-order valence-corrected chi connectivity index (χ3v) is 4.27. The first kappa shape index (κ1) is 20.4. The van der Waals surface area contributed by atoms with Gasteiger partial charge in [-0.15, -0.1) is 12.4 Å². The average molecular weight is 303 g/mol. The molecule has 0 heterocycles. The first-order chi connectivity index (χ1) is 8.05. The molecule has 0 bridgehead atoms. The number of halogens is 1. The molecule has 0 saturated heterocycles. The molecular weight excluding hydrogens is 276 g/mol. The molecule has 5 nitrogen and oxygen atoms in total. The van der Waals surface area contributed by atoms with E-state index in [0.29, 0.717) is 19.7 Å². The quantitative estimate of drug-likeness (QED) is 0.559. The molecule has 18 heavy (non-hydrogen) atoms. The van der Waals surface area contributed by atoms with Gasteiger partial charge in [0.25, 0.3) is 0 Å². The number of rotatable bonds is 11. The van der Waals surface area contributed by atoms with Crippen molar-refractivity contribution in [2.24, 2.45) is 5.92 Å². The van der Waals surface area contributed by atoms with Crippen LogP contribution in [0.3, 0.4) is 0 Å². The Morgan fingerprint density at radius 1 is 1.11 bits per heavy atom. The molecule has 0 saturated carbocycles. The predicted octanol–water partition coefficient (Wildman–Crippen LogP) is 1.000. The molecule has 0 aliphatic carbocycles. The van der Waals surface area contributed by atoms with Gasteiger partial charge in [-0.05, 0) is 5.92 Å². The number of sulfonamides is 1. The third-order valence-electron chi connectivity index (χ3n) is 2.72. The summed E-state index contributed by atoms with van der Waals surface area (Å²) in [5.41, 5.74) is 0. The predicted molar refractivity (Wildman–Crippen MR) is 77.9 cm³/mol. The zero-order valence-corrected chi connectivity index (χ0v) is 13.2. The van der Waals surface area contributed by atoms with Gasteiger partial charge in [0.1, 0.15) is 0 Å². The summed E-state index contributed by atoms with van der Waals surface area (Å²) in [4.78, 5) is 0. The number of hydrogen-bond donors (Lipinski definition) is 2. The van der Waals surface area contributed by atoms with Crippen LogP contribution in [0.5, 0.6) is 0 Å².